The van der Waals surface area contributed by atoms with Gasteiger partial charge in [-0.1, -0.05) is 18.2 Å². The number of H-pyrrole nitrogens is 1. The van der Waals surface area contributed by atoms with Crippen LogP contribution in [0.25, 0.3) is 5.69 Å². The lowest BCUT2D eigenvalue weighted by molar-refractivity contribution is 0.220. The van der Waals surface area contributed by atoms with Crippen LogP contribution < -0.4 is 0 Å². The molecule has 5 heteroatoms. The lowest BCUT2D eigenvalue weighted by Crippen LogP contribution is -1.97. The molecule has 5 nitrogen and oxygen atoms in total. The molecule has 0 amide bonds. The first-order chi connectivity index (χ1) is 8.84. The van der Waals surface area contributed by atoms with Crippen LogP contribution >= 0.6 is 0 Å². The predicted octanol–water partition coefficient (Wildman–Crippen LogP) is 1.68. The minimum atomic E-state index is -0.707. The Balaban J connectivity index is 1.90. The van der Waals surface area contributed by atoms with Crippen LogP contribution in [-0.2, 0) is 0 Å². The highest BCUT2D eigenvalue weighted by Gasteiger charge is 2.13. The van der Waals surface area contributed by atoms with Gasteiger partial charge in [-0.25, -0.2) is 4.68 Å². The SMILES string of the molecule is OC(c1cn[nH]c1)c1cnn(-c2ccccc2)c1. The number of para-hydroxylation sites is 1. The van der Waals surface area contributed by atoms with Crippen LogP contribution in [0.3, 0.4) is 0 Å². The van der Waals surface area contributed by atoms with Gasteiger partial charge in [0.05, 0.1) is 18.1 Å². The molecule has 18 heavy (non-hydrogen) atoms. The van der Waals surface area contributed by atoms with Gasteiger partial charge in [-0.15, -0.1) is 0 Å². The molecule has 2 aromatic heterocycles. The molecule has 3 rings (SSSR count). The molecule has 0 aliphatic heterocycles. The molecule has 2 N–H and O–H groups in total. The van der Waals surface area contributed by atoms with Gasteiger partial charge >= 0.3 is 0 Å². The summed E-state index contributed by atoms with van der Waals surface area (Å²) in [5, 5.41) is 20.9. The Kier molecular flexibility index (Phi) is 2.66. The van der Waals surface area contributed by atoms with Crippen molar-refractivity contribution in [1.82, 2.24) is 20.0 Å². The molecular weight excluding hydrogens is 228 g/mol. The predicted molar refractivity (Wildman–Crippen MR) is 66.2 cm³/mol. The van der Waals surface area contributed by atoms with Gasteiger partial charge < -0.3 is 5.11 Å². The average molecular weight is 240 g/mol. The maximum absolute atomic E-state index is 10.1. The second-order valence-electron chi connectivity index (χ2n) is 3.99. The number of aliphatic hydroxyl groups excluding tert-OH is 1. The summed E-state index contributed by atoms with van der Waals surface area (Å²) in [6.45, 7) is 0. The zero-order valence-electron chi connectivity index (χ0n) is 9.56. The van der Waals surface area contributed by atoms with E-state index < -0.39 is 6.10 Å². The number of nitrogens with one attached hydrogen (secondary N) is 1. The fourth-order valence-electron chi connectivity index (χ4n) is 1.80. The number of benzene rings is 1. The van der Waals surface area contributed by atoms with Gasteiger partial charge in [0.2, 0.25) is 0 Å². The van der Waals surface area contributed by atoms with Gasteiger partial charge in [0.25, 0.3) is 0 Å². The van der Waals surface area contributed by atoms with Crippen molar-refractivity contribution in [1.29, 1.82) is 0 Å². The van der Waals surface area contributed by atoms with E-state index in [1.54, 1.807) is 23.3 Å². The van der Waals surface area contributed by atoms with Gasteiger partial charge in [0.15, 0.2) is 0 Å². The van der Waals surface area contributed by atoms with Gasteiger partial charge in [-0.3, -0.25) is 5.10 Å². The Morgan fingerprint density at radius 1 is 1.11 bits per heavy atom. The highest BCUT2D eigenvalue weighted by atomic mass is 16.3. The molecule has 1 aromatic carbocycles. The monoisotopic (exact) mass is 240 g/mol. The van der Waals surface area contributed by atoms with Crippen LogP contribution in [0, 0.1) is 0 Å². The highest BCUT2D eigenvalue weighted by molar-refractivity contribution is 5.32. The third kappa shape index (κ3) is 1.91. The first-order valence-electron chi connectivity index (χ1n) is 5.61. The largest absolute Gasteiger partial charge is 0.383 e. The Morgan fingerprint density at radius 2 is 1.94 bits per heavy atom. The van der Waals surface area contributed by atoms with Crippen LogP contribution in [0.15, 0.2) is 55.1 Å². The maximum Gasteiger partial charge on any atom is 0.110 e. The number of aromatic nitrogens is 4. The molecule has 0 spiro atoms. The molecule has 0 radical (unpaired) electrons. The standard InChI is InChI=1S/C13H12N4O/c18-13(10-6-14-15-7-10)11-8-16-17(9-11)12-4-2-1-3-5-12/h1-9,13,18H,(H,14,15). The lowest BCUT2D eigenvalue weighted by atomic mass is 10.1. The Hall–Kier alpha value is -2.40. The van der Waals surface area contributed by atoms with Crippen molar-refractivity contribution in [3.63, 3.8) is 0 Å². The summed E-state index contributed by atoms with van der Waals surface area (Å²) < 4.78 is 1.73. The van der Waals surface area contributed by atoms with Crippen molar-refractivity contribution in [3.05, 3.63) is 66.2 Å². The smallest absolute Gasteiger partial charge is 0.110 e. The summed E-state index contributed by atoms with van der Waals surface area (Å²) in [5.41, 5.74) is 2.42. The van der Waals surface area contributed by atoms with Crippen molar-refractivity contribution < 1.29 is 5.11 Å². The Morgan fingerprint density at radius 3 is 2.67 bits per heavy atom. The van der Waals surface area contributed by atoms with Gasteiger partial charge in [-0.2, -0.15) is 10.2 Å². The molecule has 0 bridgehead atoms. The van der Waals surface area contributed by atoms with E-state index in [0.717, 1.165) is 16.8 Å². The first kappa shape index (κ1) is 10.7. The third-order valence-corrected chi connectivity index (χ3v) is 2.77. The molecule has 3 aromatic rings. The third-order valence-electron chi connectivity index (χ3n) is 2.77. The topological polar surface area (TPSA) is 66.7 Å². The molecule has 0 saturated carbocycles. The number of hydrogen-bond acceptors (Lipinski definition) is 3. The number of nitrogens with zero attached hydrogens (tertiary/aromatic N) is 3. The Bertz CT molecular complexity index is 616. The summed E-state index contributed by atoms with van der Waals surface area (Å²) in [4.78, 5) is 0. The van der Waals surface area contributed by atoms with Crippen molar-refractivity contribution in [2.75, 3.05) is 0 Å². The maximum atomic E-state index is 10.1. The molecule has 1 atom stereocenters. The fourth-order valence-corrected chi connectivity index (χ4v) is 1.80. The molecule has 2 heterocycles. The van der Waals surface area contributed by atoms with Crippen molar-refractivity contribution in [3.8, 4) is 5.69 Å². The minimum Gasteiger partial charge on any atom is -0.383 e. The molecule has 0 aliphatic carbocycles. The summed E-state index contributed by atoms with van der Waals surface area (Å²) in [5.74, 6) is 0. The van der Waals surface area contributed by atoms with Crippen molar-refractivity contribution >= 4 is 0 Å². The highest BCUT2D eigenvalue weighted by Crippen LogP contribution is 2.21. The van der Waals surface area contributed by atoms with Crippen LogP contribution in [0.4, 0.5) is 0 Å². The van der Waals surface area contributed by atoms with Gasteiger partial charge in [-0.05, 0) is 12.1 Å². The quantitative estimate of drug-likeness (QED) is 0.732. The lowest BCUT2D eigenvalue weighted by Gasteiger charge is -2.04. The number of aliphatic hydroxyl groups is 1. The minimum absolute atomic E-state index is 0.707. The second-order valence-corrected chi connectivity index (χ2v) is 3.99. The molecule has 0 aliphatic rings. The molecule has 90 valence electrons. The summed E-state index contributed by atoms with van der Waals surface area (Å²) in [6, 6.07) is 9.77. The van der Waals surface area contributed by atoms with Crippen LogP contribution in [0.1, 0.15) is 17.2 Å². The summed E-state index contributed by atoms with van der Waals surface area (Å²) in [6.07, 6.45) is 6.04. The zero-order chi connectivity index (χ0) is 12.4. The van der Waals surface area contributed by atoms with Crippen LogP contribution in [0.5, 0.6) is 0 Å². The summed E-state index contributed by atoms with van der Waals surface area (Å²) >= 11 is 0. The van der Waals surface area contributed by atoms with Crippen LogP contribution in [0.2, 0.25) is 0 Å². The first-order valence-corrected chi connectivity index (χ1v) is 5.61. The second kappa shape index (κ2) is 4.46. The number of aromatic amines is 1. The van der Waals surface area contributed by atoms with E-state index >= 15 is 0 Å². The van der Waals surface area contributed by atoms with E-state index in [1.165, 1.54) is 0 Å². The van der Waals surface area contributed by atoms with Gasteiger partial charge in [0, 0.05) is 23.5 Å². The summed E-state index contributed by atoms with van der Waals surface area (Å²) in [7, 11) is 0. The van der Waals surface area contributed by atoms with E-state index in [1.807, 2.05) is 36.5 Å². The van der Waals surface area contributed by atoms with E-state index in [0.29, 0.717) is 0 Å². The fraction of sp³-hybridized carbons (Fsp3) is 0.0769. The van der Waals surface area contributed by atoms with Crippen molar-refractivity contribution in [2.24, 2.45) is 0 Å². The number of hydrogen-bond donors (Lipinski definition) is 2. The van der Waals surface area contributed by atoms with E-state index in [2.05, 4.69) is 15.3 Å². The molecule has 1 unspecified atom stereocenters. The zero-order valence-corrected chi connectivity index (χ0v) is 9.56. The molecule has 0 fully saturated rings. The van der Waals surface area contributed by atoms with E-state index in [-0.39, 0.29) is 0 Å². The van der Waals surface area contributed by atoms with Crippen molar-refractivity contribution in [2.45, 2.75) is 6.10 Å². The van der Waals surface area contributed by atoms with E-state index in [4.69, 9.17) is 0 Å². The number of rotatable bonds is 3. The van der Waals surface area contributed by atoms with Gasteiger partial charge in [0.1, 0.15) is 6.10 Å². The normalized spacial score (nSPS) is 12.5. The average Bonchev–Trinajstić information content (AvgIpc) is 3.10. The van der Waals surface area contributed by atoms with Crippen LogP contribution in [-0.4, -0.2) is 25.1 Å². The molecular formula is C13H12N4O. The Labute approximate surface area is 104 Å². The molecule has 0 saturated heterocycles. The van der Waals surface area contributed by atoms with E-state index in [9.17, 15) is 5.11 Å².